The van der Waals surface area contributed by atoms with Gasteiger partial charge in [0.2, 0.25) is 0 Å². The van der Waals surface area contributed by atoms with Crippen LogP contribution in [0.1, 0.15) is 0 Å². The minimum absolute atomic E-state index is 0.245. The van der Waals surface area contributed by atoms with E-state index in [-0.39, 0.29) is 17.5 Å². The number of rotatable bonds is 5. The van der Waals surface area contributed by atoms with E-state index in [1.54, 1.807) is 24.3 Å². The second-order valence-corrected chi connectivity index (χ2v) is 6.24. The average molecular weight is 365 g/mol. The van der Waals surface area contributed by atoms with E-state index in [0.717, 1.165) is 0 Å². The third-order valence-electron chi connectivity index (χ3n) is 2.92. The summed E-state index contributed by atoms with van der Waals surface area (Å²) in [7, 11) is -4.80. The van der Waals surface area contributed by atoms with Crippen molar-refractivity contribution in [2.24, 2.45) is 5.73 Å². The molecule has 0 atom stereocenters. The molecule has 0 fully saturated rings. The van der Waals surface area contributed by atoms with Crippen molar-refractivity contribution in [2.75, 3.05) is 6.54 Å². The molecule has 0 aliphatic carbocycles. The van der Waals surface area contributed by atoms with Crippen molar-refractivity contribution >= 4 is 41.9 Å². The zero-order chi connectivity index (χ0) is 19.0. The third kappa shape index (κ3) is 6.78. The van der Waals surface area contributed by atoms with Gasteiger partial charge in [-0.15, -0.1) is 0 Å². The minimum Gasteiger partial charge on any atom is -0.480 e. The molecule has 8 nitrogen and oxygen atoms in total. The summed E-state index contributed by atoms with van der Waals surface area (Å²) in [5.41, 5.74) is 5.06. The van der Waals surface area contributed by atoms with Crippen LogP contribution in [0.5, 0.6) is 0 Å². The van der Waals surface area contributed by atoms with Gasteiger partial charge in [-0.25, -0.2) is 4.21 Å². The Kier molecular flexibility index (Phi) is 8.49. The van der Waals surface area contributed by atoms with Gasteiger partial charge in [-0.1, -0.05) is 24.3 Å². The molecule has 7 N–H and O–H groups in total. The molecule has 0 bridgehead atoms. The lowest BCUT2D eigenvalue weighted by molar-refractivity contribution is -0.135. The number of hydrogen-bond donors (Lipinski definition) is 6. The highest BCUT2D eigenvalue weighted by molar-refractivity contribution is 7.85. The fraction of sp³-hybridized carbons (Fsp3) is 0.0714. The van der Waals surface area contributed by atoms with Crippen LogP contribution >= 0.6 is 0 Å². The van der Waals surface area contributed by atoms with Crippen LogP contribution in [0.25, 0.3) is 0 Å². The maximum atomic E-state index is 12.4. The van der Waals surface area contributed by atoms with Crippen LogP contribution in [-0.2, 0) is 15.6 Å². The molecule has 2 aromatic carbocycles. The second kappa shape index (κ2) is 10.1. The molecular formula is C14H17B2NO7S. The van der Waals surface area contributed by atoms with E-state index in [1.807, 2.05) is 0 Å². The van der Waals surface area contributed by atoms with Crippen molar-refractivity contribution in [2.45, 2.75) is 9.79 Å². The van der Waals surface area contributed by atoms with Crippen LogP contribution in [0.2, 0.25) is 0 Å². The zero-order valence-corrected chi connectivity index (χ0v) is 13.8. The van der Waals surface area contributed by atoms with Crippen LogP contribution in [0, 0.1) is 0 Å². The molecule has 0 amide bonds. The first-order chi connectivity index (χ1) is 11.8. The molecule has 0 aromatic heterocycles. The van der Waals surface area contributed by atoms with Crippen LogP contribution in [0.15, 0.2) is 58.3 Å². The molecule has 11 heteroatoms. The predicted molar refractivity (Wildman–Crippen MR) is 93.9 cm³/mol. The summed E-state index contributed by atoms with van der Waals surface area (Å²) < 4.78 is 12.4. The second-order valence-electron chi connectivity index (χ2n) is 4.76. The number of aliphatic carboxylic acids is 1. The molecule has 0 aliphatic heterocycles. The molecule has 0 aliphatic rings. The van der Waals surface area contributed by atoms with E-state index in [1.165, 1.54) is 24.3 Å². The van der Waals surface area contributed by atoms with E-state index < -0.39 is 31.0 Å². The number of hydrogen-bond acceptors (Lipinski definition) is 7. The van der Waals surface area contributed by atoms with Gasteiger partial charge in [0.15, 0.2) is 0 Å². The third-order valence-corrected chi connectivity index (χ3v) is 4.28. The van der Waals surface area contributed by atoms with Crippen LogP contribution < -0.4 is 16.7 Å². The normalized spacial score (nSPS) is 10.0. The number of carbonyl (C=O) groups is 1. The van der Waals surface area contributed by atoms with Gasteiger partial charge in [-0.05, 0) is 35.2 Å². The maximum Gasteiger partial charge on any atom is 0.488 e. The fourth-order valence-corrected chi connectivity index (χ4v) is 2.88. The number of carboxylic acid groups (broad SMARTS) is 1. The standard InChI is InChI=1S/C12H12B2O5S.C2H5NO2/c15-13(16)9-3-1-5-11(7-9)20(19)12-6-2-4-10(8-12)14(17)18;3-1-2(4)5/h1-8,15-18H;1,3H2,(H,4,5). The average Bonchev–Trinajstić information content (AvgIpc) is 2.61. The highest BCUT2D eigenvalue weighted by atomic mass is 32.2. The topological polar surface area (TPSA) is 161 Å². The van der Waals surface area contributed by atoms with Crippen molar-refractivity contribution in [3.8, 4) is 0 Å². The number of carboxylic acids is 1. The Morgan fingerprint density at radius 1 is 0.920 bits per heavy atom. The SMILES string of the molecule is NCC(=O)O.O=S(c1cccc(B(O)O)c1)c1cccc(B(O)O)c1. The summed E-state index contributed by atoms with van der Waals surface area (Å²) in [6.45, 7) is -0.278. The monoisotopic (exact) mass is 365 g/mol. The van der Waals surface area contributed by atoms with E-state index in [9.17, 15) is 9.00 Å². The van der Waals surface area contributed by atoms with Gasteiger partial charge in [0.25, 0.3) is 0 Å². The molecule has 0 spiro atoms. The molecule has 132 valence electrons. The van der Waals surface area contributed by atoms with Crippen LogP contribution in [0.4, 0.5) is 0 Å². The first-order valence-corrected chi connectivity index (χ1v) is 8.17. The number of nitrogens with two attached hydrogens (primary N) is 1. The van der Waals surface area contributed by atoms with Gasteiger partial charge in [-0.2, -0.15) is 0 Å². The van der Waals surface area contributed by atoms with Crippen molar-refractivity contribution in [1.82, 2.24) is 0 Å². The zero-order valence-electron chi connectivity index (χ0n) is 13.0. The first kappa shape index (κ1) is 21.0. The summed E-state index contributed by atoms with van der Waals surface area (Å²) in [4.78, 5) is 10.0. The summed E-state index contributed by atoms with van der Waals surface area (Å²) in [6.07, 6.45) is 0. The highest BCUT2D eigenvalue weighted by Gasteiger charge is 2.16. The van der Waals surface area contributed by atoms with Crippen molar-refractivity contribution in [1.29, 1.82) is 0 Å². The van der Waals surface area contributed by atoms with Gasteiger partial charge in [0.05, 0.1) is 17.3 Å². The Morgan fingerprint density at radius 3 is 1.56 bits per heavy atom. The molecule has 0 heterocycles. The first-order valence-electron chi connectivity index (χ1n) is 7.02. The summed E-state index contributed by atoms with van der Waals surface area (Å²) >= 11 is 0. The van der Waals surface area contributed by atoms with Crippen molar-refractivity contribution in [3.63, 3.8) is 0 Å². The Balaban J connectivity index is 0.000000550. The number of benzene rings is 2. The van der Waals surface area contributed by atoms with Crippen LogP contribution in [-0.4, -0.2) is 56.2 Å². The molecule has 0 unspecified atom stereocenters. The van der Waals surface area contributed by atoms with Gasteiger partial charge < -0.3 is 30.9 Å². The Labute approximate surface area is 147 Å². The molecule has 25 heavy (non-hydrogen) atoms. The largest absolute Gasteiger partial charge is 0.488 e. The van der Waals surface area contributed by atoms with E-state index in [4.69, 9.17) is 25.2 Å². The molecule has 2 rings (SSSR count). The van der Waals surface area contributed by atoms with Gasteiger partial charge in [-0.3, -0.25) is 4.79 Å². The Bertz CT molecular complexity index is 689. The summed E-state index contributed by atoms with van der Waals surface area (Å²) in [5, 5.41) is 44.0. The highest BCUT2D eigenvalue weighted by Crippen LogP contribution is 2.14. The minimum atomic E-state index is -1.63. The van der Waals surface area contributed by atoms with Crippen molar-refractivity contribution in [3.05, 3.63) is 48.5 Å². The Hall–Kier alpha value is -2.01. The van der Waals surface area contributed by atoms with Crippen LogP contribution in [0.3, 0.4) is 0 Å². The van der Waals surface area contributed by atoms with E-state index in [0.29, 0.717) is 9.79 Å². The lowest BCUT2D eigenvalue weighted by atomic mass is 9.80. The summed E-state index contributed by atoms with van der Waals surface area (Å²) in [6, 6.07) is 12.2. The van der Waals surface area contributed by atoms with Gasteiger partial charge >= 0.3 is 20.2 Å². The molecular weight excluding hydrogens is 348 g/mol. The van der Waals surface area contributed by atoms with E-state index >= 15 is 0 Å². The van der Waals surface area contributed by atoms with Crippen molar-refractivity contribution < 1.29 is 34.2 Å². The van der Waals surface area contributed by atoms with Gasteiger partial charge in [0.1, 0.15) is 0 Å². The predicted octanol–water partition coefficient (Wildman–Crippen LogP) is -2.76. The lowest BCUT2D eigenvalue weighted by Gasteiger charge is -2.07. The molecule has 0 saturated carbocycles. The smallest absolute Gasteiger partial charge is 0.480 e. The quantitative estimate of drug-likeness (QED) is 0.311. The van der Waals surface area contributed by atoms with E-state index in [2.05, 4.69) is 5.73 Å². The molecule has 0 saturated heterocycles. The maximum absolute atomic E-state index is 12.4. The lowest BCUT2D eigenvalue weighted by Crippen LogP contribution is -2.30. The molecule has 0 radical (unpaired) electrons. The molecule has 2 aromatic rings. The fourth-order valence-electron chi connectivity index (χ4n) is 1.72. The van der Waals surface area contributed by atoms with Gasteiger partial charge in [0, 0.05) is 9.79 Å². The summed E-state index contributed by atoms with van der Waals surface area (Å²) in [5.74, 6) is -0.968. The Morgan fingerprint density at radius 2 is 1.28 bits per heavy atom.